The Balaban J connectivity index is 2.64. The van der Waals surface area contributed by atoms with Gasteiger partial charge in [0.1, 0.15) is 0 Å². The van der Waals surface area contributed by atoms with Crippen LogP contribution in [0.1, 0.15) is 0 Å². The van der Waals surface area contributed by atoms with E-state index in [0.717, 1.165) is 9.36 Å². The summed E-state index contributed by atoms with van der Waals surface area (Å²) in [5, 5.41) is 17.9. The minimum absolute atomic E-state index is 0.145. The lowest BCUT2D eigenvalue weighted by molar-refractivity contribution is -0.384. The van der Waals surface area contributed by atoms with Gasteiger partial charge in [0.2, 0.25) is 0 Å². The van der Waals surface area contributed by atoms with Gasteiger partial charge in [0.15, 0.2) is 0 Å². The highest BCUT2D eigenvalue weighted by Crippen LogP contribution is 2.21. The van der Waals surface area contributed by atoms with E-state index in [0.29, 0.717) is 0 Å². The van der Waals surface area contributed by atoms with Crippen molar-refractivity contribution in [3.05, 3.63) is 43.8 Å². The summed E-state index contributed by atoms with van der Waals surface area (Å²) in [5.74, 6) is 0. The number of hydrogen-bond acceptors (Lipinski definition) is 5. The van der Waals surface area contributed by atoms with Gasteiger partial charge in [0, 0.05) is 24.2 Å². The molecule has 0 fully saturated rings. The molecule has 17 heavy (non-hydrogen) atoms. The van der Waals surface area contributed by atoms with Crippen molar-refractivity contribution >= 4 is 17.3 Å². The fourth-order valence-corrected chi connectivity index (χ4v) is 1.49. The molecule has 1 heterocycles. The number of benzene rings is 1. The van der Waals surface area contributed by atoms with Crippen LogP contribution >= 0.6 is 11.6 Å². The third-order valence-electron chi connectivity index (χ3n) is 2.04. The van der Waals surface area contributed by atoms with Crippen LogP contribution < -0.4 is 5.69 Å². The van der Waals surface area contributed by atoms with Gasteiger partial charge in [-0.25, -0.2) is 4.79 Å². The maximum Gasteiger partial charge on any atom is 0.368 e. The molecule has 0 aliphatic rings. The van der Waals surface area contributed by atoms with Crippen LogP contribution in [-0.4, -0.2) is 24.7 Å². The summed E-state index contributed by atoms with van der Waals surface area (Å²) in [6.45, 7) is 0. The van der Waals surface area contributed by atoms with Crippen molar-refractivity contribution in [1.29, 1.82) is 0 Å². The average molecular weight is 256 g/mol. The number of nitro groups is 1. The molecule has 0 saturated heterocycles. The molecule has 0 aliphatic heterocycles. The number of non-ortho nitro benzene ring substituents is 1. The first-order valence-corrected chi connectivity index (χ1v) is 4.81. The molecule has 0 aliphatic carbocycles. The fraction of sp³-hybridized carbons (Fsp3) is 0.125. The quantitative estimate of drug-likeness (QED) is 0.576. The first kappa shape index (κ1) is 11.3. The van der Waals surface area contributed by atoms with E-state index in [-0.39, 0.29) is 16.4 Å². The predicted octanol–water partition coefficient (Wildman–Crippen LogP) is 0.528. The van der Waals surface area contributed by atoms with Crippen molar-refractivity contribution in [2.75, 3.05) is 0 Å². The van der Waals surface area contributed by atoms with Gasteiger partial charge in [-0.2, -0.15) is 9.36 Å². The summed E-state index contributed by atoms with van der Waals surface area (Å²) in [6, 6.07) is 3.78. The standard InChI is InChI=1S/C8H6ClN5O3/c1-12-8(15)13(11-10-12)6-2-5(9)3-7(4-6)14(16)17/h2-4H,1H3. The van der Waals surface area contributed by atoms with Crippen LogP contribution in [0, 0.1) is 10.1 Å². The number of halogens is 1. The van der Waals surface area contributed by atoms with E-state index in [4.69, 9.17) is 11.6 Å². The minimum Gasteiger partial charge on any atom is -0.258 e. The van der Waals surface area contributed by atoms with Crippen LogP contribution in [-0.2, 0) is 7.05 Å². The molecule has 0 saturated carbocycles. The van der Waals surface area contributed by atoms with Gasteiger partial charge in [-0.05, 0) is 16.5 Å². The first-order valence-electron chi connectivity index (χ1n) is 4.43. The van der Waals surface area contributed by atoms with Crippen LogP contribution in [0.2, 0.25) is 5.02 Å². The Morgan fingerprint density at radius 3 is 2.59 bits per heavy atom. The highest BCUT2D eigenvalue weighted by molar-refractivity contribution is 6.31. The van der Waals surface area contributed by atoms with E-state index in [2.05, 4.69) is 10.4 Å². The zero-order valence-corrected chi connectivity index (χ0v) is 9.33. The lowest BCUT2D eigenvalue weighted by atomic mass is 10.3. The Hall–Kier alpha value is -2.22. The third kappa shape index (κ3) is 2.02. The second-order valence-corrected chi connectivity index (χ2v) is 3.66. The maximum atomic E-state index is 11.5. The molecule has 0 unspecified atom stereocenters. The SMILES string of the molecule is Cn1nnn(-c2cc(Cl)cc([N+](=O)[O-])c2)c1=O. The van der Waals surface area contributed by atoms with Crippen molar-refractivity contribution in [2.45, 2.75) is 0 Å². The van der Waals surface area contributed by atoms with E-state index >= 15 is 0 Å². The summed E-state index contributed by atoms with van der Waals surface area (Å²) >= 11 is 5.73. The molecular formula is C8H6ClN5O3. The molecular weight excluding hydrogens is 250 g/mol. The summed E-state index contributed by atoms with van der Waals surface area (Å²) < 4.78 is 1.94. The van der Waals surface area contributed by atoms with Gasteiger partial charge >= 0.3 is 5.69 Å². The van der Waals surface area contributed by atoms with Crippen LogP contribution in [0.3, 0.4) is 0 Å². The molecule has 0 spiro atoms. The molecule has 88 valence electrons. The van der Waals surface area contributed by atoms with Gasteiger partial charge in [-0.1, -0.05) is 11.6 Å². The van der Waals surface area contributed by atoms with Gasteiger partial charge in [0.05, 0.1) is 10.6 Å². The van der Waals surface area contributed by atoms with Gasteiger partial charge in [0.25, 0.3) is 5.69 Å². The second-order valence-electron chi connectivity index (χ2n) is 3.22. The number of nitro benzene ring substituents is 1. The summed E-state index contributed by atoms with van der Waals surface area (Å²) in [4.78, 5) is 21.6. The Labute approximate surface area is 99.2 Å². The largest absolute Gasteiger partial charge is 0.368 e. The zero-order chi connectivity index (χ0) is 12.6. The summed E-state index contributed by atoms with van der Waals surface area (Å²) in [6.07, 6.45) is 0. The Morgan fingerprint density at radius 2 is 2.06 bits per heavy atom. The Bertz CT molecular complexity index is 647. The number of tetrazole rings is 1. The molecule has 0 radical (unpaired) electrons. The zero-order valence-electron chi connectivity index (χ0n) is 8.57. The normalized spacial score (nSPS) is 10.5. The topological polar surface area (TPSA) is 95.8 Å². The van der Waals surface area contributed by atoms with E-state index in [1.54, 1.807) is 0 Å². The van der Waals surface area contributed by atoms with Crippen molar-refractivity contribution < 1.29 is 4.92 Å². The van der Waals surface area contributed by atoms with Gasteiger partial charge in [-0.15, -0.1) is 0 Å². The molecule has 2 aromatic rings. The molecule has 9 heteroatoms. The third-order valence-corrected chi connectivity index (χ3v) is 2.26. The molecule has 0 atom stereocenters. The van der Waals surface area contributed by atoms with E-state index in [1.165, 1.54) is 25.2 Å². The van der Waals surface area contributed by atoms with E-state index in [1.807, 2.05) is 0 Å². The number of rotatable bonds is 2. The molecule has 0 amide bonds. The Morgan fingerprint density at radius 1 is 1.35 bits per heavy atom. The summed E-state index contributed by atoms with van der Waals surface area (Å²) in [5.41, 5.74) is -0.533. The van der Waals surface area contributed by atoms with Crippen molar-refractivity contribution in [3.8, 4) is 5.69 Å². The number of hydrogen-bond donors (Lipinski definition) is 0. The van der Waals surface area contributed by atoms with Crippen molar-refractivity contribution in [3.63, 3.8) is 0 Å². The van der Waals surface area contributed by atoms with Crippen LogP contribution in [0.25, 0.3) is 5.69 Å². The van der Waals surface area contributed by atoms with Crippen LogP contribution in [0.15, 0.2) is 23.0 Å². The molecule has 2 rings (SSSR count). The van der Waals surface area contributed by atoms with Gasteiger partial charge in [-0.3, -0.25) is 10.1 Å². The number of aromatic nitrogens is 4. The monoisotopic (exact) mass is 255 g/mol. The molecule has 1 aromatic carbocycles. The van der Waals surface area contributed by atoms with Crippen LogP contribution in [0.4, 0.5) is 5.69 Å². The molecule has 8 nitrogen and oxygen atoms in total. The van der Waals surface area contributed by atoms with E-state index in [9.17, 15) is 14.9 Å². The van der Waals surface area contributed by atoms with Crippen LogP contribution in [0.5, 0.6) is 0 Å². The van der Waals surface area contributed by atoms with Crippen molar-refractivity contribution in [2.24, 2.45) is 7.05 Å². The lowest BCUT2D eigenvalue weighted by Crippen LogP contribution is -2.21. The van der Waals surface area contributed by atoms with Gasteiger partial charge < -0.3 is 0 Å². The smallest absolute Gasteiger partial charge is 0.258 e. The lowest BCUT2D eigenvalue weighted by Gasteiger charge is -1.99. The molecule has 0 N–H and O–H groups in total. The Kier molecular flexibility index (Phi) is 2.64. The van der Waals surface area contributed by atoms with E-state index < -0.39 is 10.6 Å². The predicted molar refractivity (Wildman–Crippen MR) is 58.3 cm³/mol. The highest BCUT2D eigenvalue weighted by atomic mass is 35.5. The number of aryl methyl sites for hydroxylation is 1. The summed E-state index contributed by atoms with van der Waals surface area (Å²) in [7, 11) is 1.42. The fourth-order valence-electron chi connectivity index (χ4n) is 1.26. The molecule has 0 bridgehead atoms. The highest BCUT2D eigenvalue weighted by Gasteiger charge is 2.13. The molecule has 1 aromatic heterocycles. The number of nitrogens with zero attached hydrogens (tertiary/aromatic N) is 5. The average Bonchev–Trinajstić information content (AvgIpc) is 2.59. The minimum atomic E-state index is -0.600. The maximum absolute atomic E-state index is 11.5. The second kappa shape index (κ2) is 3.98. The van der Waals surface area contributed by atoms with Crippen molar-refractivity contribution in [1.82, 2.24) is 19.8 Å². The first-order chi connectivity index (χ1) is 7.99.